The second kappa shape index (κ2) is 7.21. The molecule has 1 atom stereocenters. The zero-order valence-electron chi connectivity index (χ0n) is 10.8. The number of nitrogens with two attached hydrogens (primary N) is 1. The van der Waals surface area contributed by atoms with E-state index in [2.05, 4.69) is 5.32 Å². The first kappa shape index (κ1) is 15.6. The largest absolute Gasteiger partial charge is 0.454 e. The maximum atomic E-state index is 11.7. The number of amides is 1. The minimum absolute atomic E-state index is 0. The molecule has 19 heavy (non-hydrogen) atoms. The Morgan fingerprint density at radius 2 is 2.26 bits per heavy atom. The van der Waals surface area contributed by atoms with Crippen LogP contribution >= 0.6 is 12.4 Å². The van der Waals surface area contributed by atoms with Crippen LogP contribution in [-0.2, 0) is 11.3 Å². The summed E-state index contributed by atoms with van der Waals surface area (Å²) in [6.07, 6.45) is 1.59. The molecule has 2 rings (SSSR count). The first-order valence-corrected chi connectivity index (χ1v) is 6.13. The molecule has 106 valence electrons. The molecule has 0 aromatic heterocycles. The van der Waals surface area contributed by atoms with Crippen LogP contribution in [0.25, 0.3) is 0 Å². The lowest BCUT2D eigenvalue weighted by molar-refractivity contribution is -0.122. The summed E-state index contributed by atoms with van der Waals surface area (Å²) in [5.74, 6) is 1.30. The Labute approximate surface area is 118 Å². The standard InChI is InChI=1S/C13H18N2O3.ClH/c1-2-4-10(14)13(16)15-7-9-5-3-6-11-12(9)18-8-17-11;/h3,5-6,10H,2,4,7-8,14H2,1H3,(H,15,16);1H. The van der Waals surface area contributed by atoms with Gasteiger partial charge >= 0.3 is 0 Å². The van der Waals surface area contributed by atoms with Gasteiger partial charge in [-0.15, -0.1) is 12.4 Å². The van der Waals surface area contributed by atoms with E-state index in [1.165, 1.54) is 0 Å². The van der Waals surface area contributed by atoms with Crippen molar-refractivity contribution in [3.05, 3.63) is 23.8 Å². The van der Waals surface area contributed by atoms with Gasteiger partial charge in [-0.25, -0.2) is 0 Å². The molecule has 6 heteroatoms. The van der Waals surface area contributed by atoms with Gasteiger partial charge in [-0.05, 0) is 12.5 Å². The number of halogens is 1. The van der Waals surface area contributed by atoms with Gasteiger partial charge in [0.2, 0.25) is 12.7 Å². The van der Waals surface area contributed by atoms with E-state index >= 15 is 0 Å². The highest BCUT2D eigenvalue weighted by Gasteiger charge is 2.18. The van der Waals surface area contributed by atoms with Gasteiger partial charge in [0.25, 0.3) is 0 Å². The lowest BCUT2D eigenvalue weighted by Crippen LogP contribution is -2.40. The number of rotatable bonds is 5. The lowest BCUT2D eigenvalue weighted by Gasteiger charge is -2.12. The molecule has 3 N–H and O–H groups in total. The highest BCUT2D eigenvalue weighted by Crippen LogP contribution is 2.35. The van der Waals surface area contributed by atoms with Crippen molar-refractivity contribution in [2.75, 3.05) is 6.79 Å². The van der Waals surface area contributed by atoms with Crippen LogP contribution in [0.5, 0.6) is 11.5 Å². The van der Waals surface area contributed by atoms with E-state index in [1.807, 2.05) is 25.1 Å². The third kappa shape index (κ3) is 3.75. The number of fused-ring (bicyclic) bond motifs is 1. The Kier molecular flexibility index (Phi) is 5.92. The minimum Gasteiger partial charge on any atom is -0.454 e. The van der Waals surface area contributed by atoms with Gasteiger partial charge in [0.1, 0.15) is 0 Å². The smallest absolute Gasteiger partial charge is 0.237 e. The number of hydrogen-bond donors (Lipinski definition) is 2. The number of ether oxygens (including phenoxy) is 2. The van der Waals surface area contributed by atoms with E-state index in [9.17, 15) is 4.79 Å². The van der Waals surface area contributed by atoms with Crippen LogP contribution in [0.4, 0.5) is 0 Å². The van der Waals surface area contributed by atoms with Crippen LogP contribution in [0.15, 0.2) is 18.2 Å². The Bertz CT molecular complexity index is 440. The fraction of sp³-hybridized carbons (Fsp3) is 0.462. The molecule has 0 radical (unpaired) electrons. The van der Waals surface area contributed by atoms with E-state index in [0.717, 1.165) is 17.7 Å². The second-order valence-corrected chi connectivity index (χ2v) is 4.26. The topological polar surface area (TPSA) is 73.6 Å². The Morgan fingerprint density at radius 3 is 3.00 bits per heavy atom. The van der Waals surface area contributed by atoms with Crippen LogP contribution in [0, 0.1) is 0 Å². The summed E-state index contributed by atoms with van der Waals surface area (Å²) in [5, 5.41) is 2.81. The summed E-state index contributed by atoms with van der Waals surface area (Å²) in [7, 11) is 0. The number of nitrogens with one attached hydrogen (secondary N) is 1. The molecule has 1 unspecified atom stereocenters. The summed E-state index contributed by atoms with van der Waals surface area (Å²) in [6, 6.07) is 5.18. The van der Waals surface area contributed by atoms with Crippen molar-refractivity contribution in [3.63, 3.8) is 0 Å². The van der Waals surface area contributed by atoms with Crippen molar-refractivity contribution >= 4 is 18.3 Å². The molecule has 1 aromatic carbocycles. The molecule has 1 amide bonds. The normalized spacial score (nSPS) is 13.6. The van der Waals surface area contributed by atoms with Gasteiger partial charge in [-0.3, -0.25) is 4.79 Å². The molecule has 1 aliphatic heterocycles. The monoisotopic (exact) mass is 286 g/mol. The van der Waals surface area contributed by atoms with Crippen LogP contribution < -0.4 is 20.5 Å². The molecule has 5 nitrogen and oxygen atoms in total. The highest BCUT2D eigenvalue weighted by atomic mass is 35.5. The molecule has 0 fully saturated rings. The summed E-state index contributed by atoms with van der Waals surface area (Å²) < 4.78 is 10.6. The lowest BCUT2D eigenvalue weighted by atomic mass is 10.1. The minimum atomic E-state index is -0.441. The number of carbonyl (C=O) groups is 1. The fourth-order valence-electron chi connectivity index (χ4n) is 1.89. The maximum absolute atomic E-state index is 11.7. The van der Waals surface area contributed by atoms with E-state index < -0.39 is 6.04 Å². The SMILES string of the molecule is CCCC(N)C(=O)NCc1cccc2c1OCO2.Cl. The van der Waals surface area contributed by atoms with Gasteiger partial charge in [0.05, 0.1) is 6.04 Å². The number of para-hydroxylation sites is 1. The number of carbonyl (C=O) groups excluding carboxylic acids is 1. The zero-order valence-corrected chi connectivity index (χ0v) is 11.7. The van der Waals surface area contributed by atoms with Gasteiger partial charge in [0, 0.05) is 12.1 Å². The predicted molar refractivity (Wildman–Crippen MR) is 74.5 cm³/mol. The van der Waals surface area contributed by atoms with Crippen molar-refractivity contribution < 1.29 is 14.3 Å². The summed E-state index contributed by atoms with van der Waals surface area (Å²) >= 11 is 0. The van der Waals surface area contributed by atoms with Crippen LogP contribution in [0.3, 0.4) is 0 Å². The van der Waals surface area contributed by atoms with Crippen molar-refractivity contribution in [1.29, 1.82) is 0 Å². The van der Waals surface area contributed by atoms with Gasteiger partial charge in [-0.2, -0.15) is 0 Å². The Balaban J connectivity index is 0.00000180. The zero-order chi connectivity index (χ0) is 13.0. The molecule has 0 saturated carbocycles. The predicted octanol–water partition coefficient (Wildman–Crippen LogP) is 1.58. The molecule has 1 heterocycles. The molecule has 0 bridgehead atoms. The van der Waals surface area contributed by atoms with Crippen molar-refractivity contribution in [3.8, 4) is 11.5 Å². The molecule has 1 aliphatic rings. The number of benzene rings is 1. The third-order valence-electron chi connectivity index (χ3n) is 2.87. The van der Waals surface area contributed by atoms with Crippen molar-refractivity contribution in [2.24, 2.45) is 5.73 Å². The molecule has 0 aliphatic carbocycles. The average molecular weight is 287 g/mol. The fourth-order valence-corrected chi connectivity index (χ4v) is 1.89. The van der Waals surface area contributed by atoms with E-state index in [0.29, 0.717) is 18.7 Å². The van der Waals surface area contributed by atoms with Gasteiger partial charge < -0.3 is 20.5 Å². The van der Waals surface area contributed by atoms with Crippen LogP contribution in [-0.4, -0.2) is 18.7 Å². The molecule has 0 saturated heterocycles. The van der Waals surface area contributed by atoms with Gasteiger partial charge in [0.15, 0.2) is 11.5 Å². The van der Waals surface area contributed by atoms with E-state index in [1.54, 1.807) is 0 Å². The van der Waals surface area contributed by atoms with Crippen molar-refractivity contribution in [1.82, 2.24) is 5.32 Å². The Hall–Kier alpha value is -1.46. The molecular formula is C13H19ClN2O3. The third-order valence-corrected chi connectivity index (χ3v) is 2.87. The first-order valence-electron chi connectivity index (χ1n) is 6.13. The van der Waals surface area contributed by atoms with Crippen LogP contribution in [0.2, 0.25) is 0 Å². The second-order valence-electron chi connectivity index (χ2n) is 4.26. The van der Waals surface area contributed by atoms with E-state index in [4.69, 9.17) is 15.2 Å². The first-order chi connectivity index (χ1) is 8.72. The molecular weight excluding hydrogens is 268 g/mol. The maximum Gasteiger partial charge on any atom is 0.237 e. The Morgan fingerprint density at radius 1 is 1.47 bits per heavy atom. The average Bonchev–Trinajstić information content (AvgIpc) is 2.84. The molecule has 1 aromatic rings. The summed E-state index contributed by atoms with van der Waals surface area (Å²) in [5.41, 5.74) is 6.64. The quantitative estimate of drug-likeness (QED) is 0.862. The summed E-state index contributed by atoms with van der Waals surface area (Å²) in [6.45, 7) is 2.64. The number of hydrogen-bond acceptors (Lipinski definition) is 4. The van der Waals surface area contributed by atoms with Crippen LogP contribution in [0.1, 0.15) is 25.3 Å². The molecule has 0 spiro atoms. The van der Waals surface area contributed by atoms with Crippen molar-refractivity contribution in [2.45, 2.75) is 32.4 Å². The van der Waals surface area contributed by atoms with E-state index in [-0.39, 0.29) is 25.1 Å². The summed E-state index contributed by atoms with van der Waals surface area (Å²) in [4.78, 5) is 11.7. The van der Waals surface area contributed by atoms with Gasteiger partial charge in [-0.1, -0.05) is 25.5 Å². The highest BCUT2D eigenvalue weighted by molar-refractivity contribution is 5.85.